The molecule has 1 aromatic carbocycles. The quantitative estimate of drug-likeness (QED) is 0.732. The first kappa shape index (κ1) is 10.4. The lowest BCUT2D eigenvalue weighted by Crippen LogP contribution is -1.97. The molecule has 0 aliphatic heterocycles. The van der Waals surface area contributed by atoms with Gasteiger partial charge in [0.2, 0.25) is 0 Å². The van der Waals surface area contributed by atoms with Crippen molar-refractivity contribution < 1.29 is 14.0 Å². The van der Waals surface area contributed by atoms with E-state index in [1.807, 2.05) is 0 Å². The van der Waals surface area contributed by atoms with Gasteiger partial charge in [0, 0.05) is 11.4 Å². The zero-order chi connectivity index (χ0) is 9.84. The SMILES string of the molecule is COc1cc(OC)cc([PH](=O)Cl)c1. The lowest BCUT2D eigenvalue weighted by molar-refractivity contribution is 0.395. The van der Waals surface area contributed by atoms with Crippen molar-refractivity contribution in [1.82, 2.24) is 0 Å². The maximum atomic E-state index is 11.0. The van der Waals surface area contributed by atoms with Crippen LogP contribution in [0.25, 0.3) is 0 Å². The van der Waals surface area contributed by atoms with Gasteiger partial charge in [-0.05, 0) is 12.1 Å². The summed E-state index contributed by atoms with van der Waals surface area (Å²) < 4.78 is 21.0. The number of halogens is 1. The standard InChI is InChI=1S/C8H10ClO3P/c1-11-6-3-7(12-2)5-8(4-6)13(9)10/h3-5,13H,1-2H3. The summed E-state index contributed by atoms with van der Waals surface area (Å²) in [7, 11) is 0.850. The van der Waals surface area contributed by atoms with E-state index >= 15 is 0 Å². The van der Waals surface area contributed by atoms with E-state index in [0.717, 1.165) is 0 Å². The fraction of sp³-hybridized carbons (Fsp3) is 0.250. The molecule has 0 N–H and O–H groups in total. The van der Waals surface area contributed by atoms with Crippen molar-refractivity contribution in [1.29, 1.82) is 0 Å². The van der Waals surface area contributed by atoms with Crippen LogP contribution in [0.3, 0.4) is 0 Å². The minimum absolute atomic E-state index is 0.544. The first-order valence-electron chi connectivity index (χ1n) is 3.60. The van der Waals surface area contributed by atoms with Gasteiger partial charge in [-0.1, -0.05) is 11.2 Å². The van der Waals surface area contributed by atoms with E-state index in [-0.39, 0.29) is 0 Å². The van der Waals surface area contributed by atoms with E-state index in [1.54, 1.807) is 18.2 Å². The molecule has 0 bridgehead atoms. The molecule has 0 saturated heterocycles. The molecule has 1 aromatic rings. The van der Waals surface area contributed by atoms with Gasteiger partial charge in [0.05, 0.1) is 14.2 Å². The minimum atomic E-state index is -2.21. The number of rotatable bonds is 3. The molecule has 0 saturated carbocycles. The molecule has 0 aliphatic rings. The van der Waals surface area contributed by atoms with Crippen LogP contribution in [0.15, 0.2) is 18.2 Å². The largest absolute Gasteiger partial charge is 0.497 e. The lowest BCUT2D eigenvalue weighted by Gasteiger charge is -2.05. The molecule has 0 radical (unpaired) electrons. The van der Waals surface area contributed by atoms with Crippen LogP contribution in [0.1, 0.15) is 0 Å². The maximum absolute atomic E-state index is 11.0. The molecule has 0 amide bonds. The first-order chi connectivity index (χ1) is 6.17. The van der Waals surface area contributed by atoms with Crippen LogP contribution in [0.2, 0.25) is 0 Å². The Labute approximate surface area is 82.2 Å². The van der Waals surface area contributed by atoms with Crippen molar-refractivity contribution in [2.75, 3.05) is 14.2 Å². The van der Waals surface area contributed by atoms with Crippen molar-refractivity contribution in [3.05, 3.63) is 18.2 Å². The second kappa shape index (κ2) is 4.54. The molecule has 0 heterocycles. The second-order valence-electron chi connectivity index (χ2n) is 2.38. The summed E-state index contributed by atoms with van der Waals surface area (Å²) in [5.41, 5.74) is 0. The molecular weight excluding hydrogens is 211 g/mol. The van der Waals surface area contributed by atoms with E-state index in [1.165, 1.54) is 14.2 Å². The van der Waals surface area contributed by atoms with Gasteiger partial charge in [0.1, 0.15) is 11.5 Å². The van der Waals surface area contributed by atoms with Crippen molar-refractivity contribution in [2.45, 2.75) is 0 Å². The molecule has 72 valence electrons. The Morgan fingerprint density at radius 3 is 1.92 bits per heavy atom. The highest BCUT2D eigenvalue weighted by Crippen LogP contribution is 2.30. The van der Waals surface area contributed by atoms with Gasteiger partial charge in [-0.3, -0.25) is 0 Å². The van der Waals surface area contributed by atoms with Crippen molar-refractivity contribution in [3.8, 4) is 11.5 Å². The van der Waals surface area contributed by atoms with Gasteiger partial charge in [-0.25, -0.2) is 0 Å². The molecule has 0 spiro atoms. The number of methoxy groups -OCH3 is 2. The Hall–Kier alpha value is -0.660. The Morgan fingerprint density at radius 1 is 1.15 bits per heavy atom. The number of hydrogen-bond acceptors (Lipinski definition) is 3. The average molecular weight is 221 g/mol. The molecule has 0 aliphatic carbocycles. The monoisotopic (exact) mass is 220 g/mol. The highest BCUT2D eigenvalue weighted by atomic mass is 35.7. The summed E-state index contributed by atoms with van der Waals surface area (Å²) in [6, 6.07) is 4.97. The Morgan fingerprint density at radius 2 is 1.62 bits per heavy atom. The maximum Gasteiger partial charge on any atom is 0.186 e. The molecule has 5 heteroatoms. The fourth-order valence-corrected chi connectivity index (χ4v) is 1.76. The normalized spacial score (nSPS) is 12.2. The van der Waals surface area contributed by atoms with Crippen LogP contribution in [0.5, 0.6) is 11.5 Å². The third-order valence-electron chi connectivity index (χ3n) is 1.58. The van der Waals surface area contributed by atoms with Gasteiger partial charge in [-0.15, -0.1) is 0 Å². The van der Waals surface area contributed by atoms with Crippen LogP contribution in [0, 0.1) is 0 Å². The average Bonchev–Trinajstić information content (AvgIpc) is 2.16. The Balaban J connectivity index is 3.14. The molecule has 0 aromatic heterocycles. The zero-order valence-corrected chi connectivity index (χ0v) is 9.09. The molecule has 0 fully saturated rings. The van der Waals surface area contributed by atoms with Crippen LogP contribution < -0.4 is 14.8 Å². The molecule has 13 heavy (non-hydrogen) atoms. The summed E-state index contributed by atoms with van der Waals surface area (Å²) in [6.45, 7) is 0. The Bertz CT molecular complexity index is 305. The second-order valence-corrected chi connectivity index (χ2v) is 4.53. The zero-order valence-electron chi connectivity index (χ0n) is 7.33. The van der Waals surface area contributed by atoms with Crippen LogP contribution >= 0.6 is 18.4 Å². The van der Waals surface area contributed by atoms with Gasteiger partial charge < -0.3 is 14.0 Å². The van der Waals surface area contributed by atoms with E-state index in [2.05, 4.69) is 0 Å². The van der Waals surface area contributed by atoms with Crippen LogP contribution in [0.4, 0.5) is 0 Å². The Kier molecular flexibility index (Phi) is 3.64. The van der Waals surface area contributed by atoms with Crippen molar-refractivity contribution in [2.24, 2.45) is 0 Å². The summed E-state index contributed by atoms with van der Waals surface area (Å²) >= 11 is 5.50. The van der Waals surface area contributed by atoms with Crippen LogP contribution in [-0.2, 0) is 4.57 Å². The predicted octanol–water partition coefficient (Wildman–Crippen LogP) is 2.04. The minimum Gasteiger partial charge on any atom is -0.497 e. The highest BCUT2D eigenvalue weighted by molar-refractivity contribution is 7.80. The number of hydrogen-bond donors (Lipinski definition) is 0. The fourth-order valence-electron chi connectivity index (χ4n) is 0.921. The first-order valence-corrected chi connectivity index (χ1v) is 6.02. The smallest absolute Gasteiger partial charge is 0.186 e. The van der Waals surface area contributed by atoms with Gasteiger partial charge in [0.15, 0.2) is 7.15 Å². The third-order valence-corrected chi connectivity index (χ3v) is 2.98. The van der Waals surface area contributed by atoms with Gasteiger partial charge in [0.25, 0.3) is 0 Å². The lowest BCUT2D eigenvalue weighted by atomic mass is 10.3. The summed E-state index contributed by atoms with van der Waals surface area (Å²) in [5, 5.41) is 0.544. The van der Waals surface area contributed by atoms with Gasteiger partial charge >= 0.3 is 0 Å². The summed E-state index contributed by atoms with van der Waals surface area (Å²) in [6.07, 6.45) is 0. The van der Waals surface area contributed by atoms with E-state index in [4.69, 9.17) is 20.7 Å². The summed E-state index contributed by atoms with van der Waals surface area (Å²) in [4.78, 5) is 0. The van der Waals surface area contributed by atoms with Crippen molar-refractivity contribution in [3.63, 3.8) is 0 Å². The van der Waals surface area contributed by atoms with Crippen molar-refractivity contribution >= 4 is 23.7 Å². The summed E-state index contributed by atoms with van der Waals surface area (Å²) in [5.74, 6) is 1.18. The molecule has 1 rings (SSSR count). The number of benzene rings is 1. The van der Waals surface area contributed by atoms with Crippen LogP contribution in [-0.4, -0.2) is 14.2 Å². The topological polar surface area (TPSA) is 35.5 Å². The van der Waals surface area contributed by atoms with E-state index in [0.29, 0.717) is 16.8 Å². The third kappa shape index (κ3) is 2.64. The molecule has 3 nitrogen and oxygen atoms in total. The molecule has 1 atom stereocenters. The highest BCUT2D eigenvalue weighted by Gasteiger charge is 2.04. The van der Waals surface area contributed by atoms with E-state index in [9.17, 15) is 4.57 Å². The molecular formula is C8H10ClO3P. The van der Waals surface area contributed by atoms with E-state index < -0.39 is 7.15 Å². The number of ether oxygens (including phenoxy) is 2. The van der Waals surface area contributed by atoms with Gasteiger partial charge in [-0.2, -0.15) is 0 Å². The predicted molar refractivity (Wildman–Crippen MR) is 54.0 cm³/mol. The molecule has 1 unspecified atom stereocenters.